The summed E-state index contributed by atoms with van der Waals surface area (Å²) in [5.41, 5.74) is -0.155. The van der Waals surface area contributed by atoms with Gasteiger partial charge in [0, 0.05) is 16.4 Å². The Bertz CT molecular complexity index is 632. The monoisotopic (exact) mass is 349 g/mol. The Balaban J connectivity index is 2.64. The Morgan fingerprint density at radius 3 is 2.43 bits per heavy atom. The summed E-state index contributed by atoms with van der Waals surface area (Å²) < 4.78 is 74.7. The van der Waals surface area contributed by atoms with E-state index in [-0.39, 0.29) is 5.69 Å². The first kappa shape index (κ1) is 17.7. The van der Waals surface area contributed by atoms with Gasteiger partial charge in [0.25, 0.3) is 9.05 Å². The molecule has 1 aromatic rings. The summed E-state index contributed by atoms with van der Waals surface area (Å²) >= 11 is 0. The largest absolute Gasteiger partial charge is 0.411 e. The fourth-order valence-electron chi connectivity index (χ4n) is 1.23. The normalized spacial score (nSPS) is 12.2. The molecule has 1 aromatic carbocycles. The molecule has 0 aliphatic rings. The molecule has 5 nitrogen and oxygen atoms in total. The lowest BCUT2D eigenvalue weighted by atomic mass is 10.3. The van der Waals surface area contributed by atoms with Gasteiger partial charge in [0.15, 0.2) is 0 Å². The average Bonchev–Trinajstić information content (AvgIpc) is 2.24. The molecule has 0 aromatic heterocycles. The van der Waals surface area contributed by atoms with E-state index in [0.717, 1.165) is 12.1 Å². The van der Waals surface area contributed by atoms with Crippen molar-refractivity contribution in [2.45, 2.75) is 11.1 Å². The summed E-state index contributed by atoms with van der Waals surface area (Å²) in [6.45, 7) is -2.49. The maximum Gasteiger partial charge on any atom is 0.411 e. The van der Waals surface area contributed by atoms with Crippen LogP contribution in [0.15, 0.2) is 23.1 Å². The van der Waals surface area contributed by atoms with E-state index in [9.17, 15) is 30.8 Å². The molecular formula is C10H8ClF4NO4S. The van der Waals surface area contributed by atoms with Crippen molar-refractivity contribution < 1.29 is 35.5 Å². The Labute approximate surface area is 121 Å². The summed E-state index contributed by atoms with van der Waals surface area (Å²) in [7, 11) is 0.677. The van der Waals surface area contributed by atoms with Crippen LogP contribution in [0.1, 0.15) is 0 Å². The Kier molecular flexibility index (Phi) is 5.54. The standard InChI is InChI=1S/C10H8ClF4NO4S/c11-21(18,19)8-2-1-6(3-7(8)12)16-9(17)4-20-5-10(13,14)15/h1-3H,4-5H2,(H,16,17). The third-order valence-corrected chi connectivity index (χ3v) is 3.33. The van der Waals surface area contributed by atoms with Gasteiger partial charge in [-0.1, -0.05) is 0 Å². The zero-order valence-corrected chi connectivity index (χ0v) is 11.6. The van der Waals surface area contributed by atoms with E-state index in [1.165, 1.54) is 0 Å². The van der Waals surface area contributed by atoms with Crippen LogP contribution in [-0.4, -0.2) is 33.7 Å². The van der Waals surface area contributed by atoms with Crippen LogP contribution in [0.4, 0.5) is 23.2 Å². The quantitative estimate of drug-likeness (QED) is 0.654. The first-order valence-electron chi connectivity index (χ1n) is 5.17. The molecule has 0 unspecified atom stereocenters. The first-order chi connectivity index (χ1) is 9.49. The number of benzene rings is 1. The predicted molar refractivity (Wildman–Crippen MR) is 64.9 cm³/mol. The van der Waals surface area contributed by atoms with Crippen LogP contribution >= 0.6 is 10.7 Å². The van der Waals surface area contributed by atoms with E-state index >= 15 is 0 Å². The highest BCUT2D eigenvalue weighted by atomic mass is 35.7. The lowest BCUT2D eigenvalue weighted by Gasteiger charge is -2.09. The van der Waals surface area contributed by atoms with Gasteiger partial charge in [0.05, 0.1) is 0 Å². The number of carbonyl (C=O) groups is 1. The number of nitrogens with one attached hydrogen (secondary N) is 1. The van der Waals surface area contributed by atoms with E-state index in [1.807, 2.05) is 5.32 Å². The first-order valence-corrected chi connectivity index (χ1v) is 7.48. The fraction of sp³-hybridized carbons (Fsp3) is 0.300. The number of anilines is 1. The second kappa shape index (κ2) is 6.58. The molecule has 118 valence electrons. The van der Waals surface area contributed by atoms with Crippen molar-refractivity contribution in [3.8, 4) is 0 Å². The predicted octanol–water partition coefficient (Wildman–Crippen LogP) is 2.27. The fourth-order valence-corrected chi connectivity index (χ4v) is 2.13. The van der Waals surface area contributed by atoms with Gasteiger partial charge < -0.3 is 10.1 Å². The van der Waals surface area contributed by atoms with Crippen LogP contribution in [0.2, 0.25) is 0 Å². The van der Waals surface area contributed by atoms with Gasteiger partial charge in [-0.15, -0.1) is 0 Å². The molecule has 0 fully saturated rings. The second-order valence-corrected chi connectivity index (χ2v) is 6.27. The molecule has 0 heterocycles. The maximum atomic E-state index is 13.4. The average molecular weight is 350 g/mol. The number of ether oxygens (including phenoxy) is 1. The van der Waals surface area contributed by atoms with E-state index in [2.05, 4.69) is 4.74 Å². The SMILES string of the molecule is O=C(COCC(F)(F)F)Nc1ccc(S(=O)(=O)Cl)c(F)c1. The highest BCUT2D eigenvalue weighted by Crippen LogP contribution is 2.22. The van der Waals surface area contributed by atoms with Gasteiger partial charge in [-0.25, -0.2) is 12.8 Å². The van der Waals surface area contributed by atoms with Crippen molar-refractivity contribution in [3.63, 3.8) is 0 Å². The number of hydrogen-bond donors (Lipinski definition) is 1. The van der Waals surface area contributed by atoms with Gasteiger partial charge in [-0.3, -0.25) is 4.79 Å². The molecule has 21 heavy (non-hydrogen) atoms. The smallest absolute Gasteiger partial charge is 0.362 e. The van der Waals surface area contributed by atoms with Crippen LogP contribution in [0.25, 0.3) is 0 Å². The molecule has 1 amide bonds. The molecule has 0 radical (unpaired) electrons. The lowest BCUT2D eigenvalue weighted by molar-refractivity contribution is -0.174. The third-order valence-electron chi connectivity index (χ3n) is 1.98. The Morgan fingerprint density at radius 2 is 1.95 bits per heavy atom. The summed E-state index contributed by atoms with van der Waals surface area (Å²) in [5.74, 6) is -2.17. The highest BCUT2D eigenvalue weighted by molar-refractivity contribution is 8.13. The van der Waals surface area contributed by atoms with Gasteiger partial charge in [-0.2, -0.15) is 13.2 Å². The van der Waals surface area contributed by atoms with Gasteiger partial charge in [-0.05, 0) is 18.2 Å². The number of carbonyl (C=O) groups excluding carboxylic acids is 1. The number of amides is 1. The van der Waals surface area contributed by atoms with E-state index < -0.39 is 45.1 Å². The molecule has 1 rings (SSSR count). The van der Waals surface area contributed by atoms with Crippen LogP contribution in [0.3, 0.4) is 0 Å². The third kappa shape index (κ3) is 6.27. The minimum absolute atomic E-state index is 0.155. The zero-order valence-electron chi connectivity index (χ0n) is 10.1. The van der Waals surface area contributed by atoms with Crippen LogP contribution in [0, 0.1) is 5.82 Å². The summed E-state index contributed by atoms with van der Waals surface area (Å²) in [6.07, 6.45) is -4.57. The summed E-state index contributed by atoms with van der Waals surface area (Å²) in [6, 6.07) is 2.50. The van der Waals surface area contributed by atoms with Crippen molar-refractivity contribution in [1.82, 2.24) is 0 Å². The number of rotatable bonds is 5. The maximum absolute atomic E-state index is 13.4. The van der Waals surface area contributed by atoms with Crippen LogP contribution in [0.5, 0.6) is 0 Å². The van der Waals surface area contributed by atoms with Crippen LogP contribution in [-0.2, 0) is 18.6 Å². The van der Waals surface area contributed by atoms with E-state index in [1.54, 1.807) is 0 Å². The van der Waals surface area contributed by atoms with Crippen molar-refractivity contribution in [3.05, 3.63) is 24.0 Å². The number of hydrogen-bond acceptors (Lipinski definition) is 4. The van der Waals surface area contributed by atoms with E-state index in [4.69, 9.17) is 10.7 Å². The van der Waals surface area contributed by atoms with Crippen molar-refractivity contribution in [2.75, 3.05) is 18.5 Å². The molecule has 11 heteroatoms. The minimum atomic E-state index is -4.57. The lowest BCUT2D eigenvalue weighted by Crippen LogP contribution is -2.24. The molecular weight excluding hydrogens is 342 g/mol. The molecule has 0 saturated carbocycles. The van der Waals surface area contributed by atoms with Crippen LogP contribution < -0.4 is 5.32 Å². The molecule has 0 aliphatic carbocycles. The second-order valence-electron chi connectivity index (χ2n) is 3.74. The molecule has 1 N–H and O–H groups in total. The highest BCUT2D eigenvalue weighted by Gasteiger charge is 2.27. The van der Waals surface area contributed by atoms with Gasteiger partial charge in [0.2, 0.25) is 5.91 Å². The molecule has 0 atom stereocenters. The molecule has 0 spiro atoms. The number of alkyl halides is 3. The summed E-state index contributed by atoms with van der Waals surface area (Å²) in [5, 5.41) is 2.04. The number of halogens is 5. The Hall–Kier alpha value is -1.39. The summed E-state index contributed by atoms with van der Waals surface area (Å²) in [4.78, 5) is 10.4. The molecule has 0 saturated heterocycles. The molecule has 0 aliphatic heterocycles. The van der Waals surface area contributed by atoms with Crippen molar-refractivity contribution in [1.29, 1.82) is 0 Å². The van der Waals surface area contributed by atoms with Crippen molar-refractivity contribution in [2.24, 2.45) is 0 Å². The topological polar surface area (TPSA) is 72.5 Å². The van der Waals surface area contributed by atoms with Gasteiger partial charge >= 0.3 is 6.18 Å². The van der Waals surface area contributed by atoms with Crippen molar-refractivity contribution >= 4 is 31.3 Å². The molecule has 0 bridgehead atoms. The zero-order chi connectivity index (χ0) is 16.3. The van der Waals surface area contributed by atoms with E-state index in [0.29, 0.717) is 6.07 Å². The van der Waals surface area contributed by atoms with Gasteiger partial charge in [0.1, 0.15) is 23.9 Å². The minimum Gasteiger partial charge on any atom is -0.362 e. The Morgan fingerprint density at radius 1 is 1.33 bits per heavy atom.